The lowest BCUT2D eigenvalue weighted by Crippen LogP contribution is -2.64. The van der Waals surface area contributed by atoms with Gasteiger partial charge in [-0.1, -0.05) is 20.8 Å². The van der Waals surface area contributed by atoms with Crippen LogP contribution in [0.3, 0.4) is 0 Å². The highest BCUT2D eigenvalue weighted by Gasteiger charge is 2.48. The predicted octanol–water partition coefficient (Wildman–Crippen LogP) is 0.987. The van der Waals surface area contributed by atoms with E-state index in [0.717, 1.165) is 6.26 Å². The summed E-state index contributed by atoms with van der Waals surface area (Å²) in [5, 5.41) is 8.98. The smallest absolute Gasteiger partial charge is 0.407 e. The zero-order chi connectivity index (χ0) is 13.4. The first-order chi connectivity index (χ1) is 7.52. The lowest BCUT2D eigenvalue weighted by molar-refractivity contribution is -0.0502. The van der Waals surface area contributed by atoms with Crippen molar-refractivity contribution in [3.05, 3.63) is 0 Å². The summed E-state index contributed by atoms with van der Waals surface area (Å²) in [5.41, 5.74) is -0.234. The molecule has 1 aliphatic rings. The SMILES string of the molecule is CC(C)(C)C1C(COS(C)(=O)=O)CN1C(=O)O. The molecule has 1 rings (SSSR count). The topological polar surface area (TPSA) is 83.9 Å². The molecule has 0 saturated carbocycles. The van der Waals surface area contributed by atoms with E-state index in [1.807, 2.05) is 20.8 Å². The predicted molar refractivity (Wildman–Crippen MR) is 62.3 cm³/mol. The number of likely N-dealkylation sites (tertiary alicyclic amines) is 1. The van der Waals surface area contributed by atoms with Gasteiger partial charge in [-0.2, -0.15) is 8.42 Å². The Kier molecular flexibility index (Phi) is 3.73. The van der Waals surface area contributed by atoms with Crippen LogP contribution in [-0.4, -0.2) is 50.0 Å². The van der Waals surface area contributed by atoms with Gasteiger partial charge in [0.2, 0.25) is 0 Å². The van der Waals surface area contributed by atoms with Gasteiger partial charge in [-0.15, -0.1) is 0 Å². The first-order valence-electron chi connectivity index (χ1n) is 5.36. The minimum Gasteiger partial charge on any atom is -0.465 e. The molecule has 0 radical (unpaired) electrons. The first-order valence-corrected chi connectivity index (χ1v) is 7.18. The van der Waals surface area contributed by atoms with Gasteiger partial charge in [0, 0.05) is 18.5 Å². The van der Waals surface area contributed by atoms with Crippen LogP contribution in [0.2, 0.25) is 0 Å². The van der Waals surface area contributed by atoms with E-state index >= 15 is 0 Å². The van der Waals surface area contributed by atoms with Gasteiger partial charge in [0.15, 0.2) is 0 Å². The molecule has 7 heteroatoms. The second-order valence-corrected chi connectivity index (χ2v) is 7.14. The van der Waals surface area contributed by atoms with Crippen LogP contribution in [0.15, 0.2) is 0 Å². The molecule has 0 aromatic rings. The molecular formula is C10H19NO5S. The average Bonchev–Trinajstić information content (AvgIpc) is 1.94. The fourth-order valence-electron chi connectivity index (χ4n) is 2.31. The van der Waals surface area contributed by atoms with Crippen LogP contribution < -0.4 is 0 Å². The molecule has 0 spiro atoms. The third-order valence-corrected chi connectivity index (χ3v) is 3.41. The summed E-state index contributed by atoms with van der Waals surface area (Å²) < 4.78 is 26.5. The number of amides is 1. The monoisotopic (exact) mass is 265 g/mol. The molecule has 100 valence electrons. The van der Waals surface area contributed by atoms with E-state index in [-0.39, 0.29) is 24.0 Å². The Labute approximate surface area is 102 Å². The molecule has 1 fully saturated rings. The van der Waals surface area contributed by atoms with Crippen LogP contribution in [0.1, 0.15) is 20.8 Å². The second kappa shape index (κ2) is 4.45. The molecule has 0 aliphatic carbocycles. The fraction of sp³-hybridized carbons (Fsp3) is 0.900. The van der Waals surface area contributed by atoms with Crippen LogP contribution in [0.25, 0.3) is 0 Å². The zero-order valence-electron chi connectivity index (χ0n) is 10.5. The van der Waals surface area contributed by atoms with E-state index in [9.17, 15) is 13.2 Å². The van der Waals surface area contributed by atoms with Crippen molar-refractivity contribution >= 4 is 16.2 Å². The molecule has 0 aromatic heterocycles. The summed E-state index contributed by atoms with van der Waals surface area (Å²) in [6.45, 7) is 6.16. The van der Waals surface area contributed by atoms with Crippen molar-refractivity contribution in [1.29, 1.82) is 0 Å². The van der Waals surface area contributed by atoms with Crippen LogP contribution in [0.5, 0.6) is 0 Å². The number of rotatable bonds is 3. The van der Waals surface area contributed by atoms with Gasteiger partial charge in [-0.25, -0.2) is 4.79 Å². The van der Waals surface area contributed by atoms with E-state index in [1.165, 1.54) is 4.90 Å². The maximum Gasteiger partial charge on any atom is 0.407 e. The molecule has 2 unspecified atom stereocenters. The number of hydrogen-bond acceptors (Lipinski definition) is 4. The molecule has 1 heterocycles. The highest BCUT2D eigenvalue weighted by molar-refractivity contribution is 7.85. The third kappa shape index (κ3) is 3.57. The summed E-state index contributed by atoms with van der Waals surface area (Å²) in [6.07, 6.45) is 0.0211. The zero-order valence-corrected chi connectivity index (χ0v) is 11.3. The minimum atomic E-state index is -3.47. The van der Waals surface area contributed by atoms with Crippen molar-refractivity contribution in [2.75, 3.05) is 19.4 Å². The molecular weight excluding hydrogens is 246 g/mol. The fourth-order valence-corrected chi connectivity index (χ4v) is 2.73. The Hall–Kier alpha value is -0.820. The molecule has 6 nitrogen and oxygen atoms in total. The molecule has 1 saturated heterocycles. The Morgan fingerprint density at radius 2 is 2.00 bits per heavy atom. The molecule has 2 atom stereocenters. The van der Waals surface area contributed by atoms with Gasteiger partial charge in [-0.05, 0) is 5.41 Å². The maximum absolute atomic E-state index is 11.0. The normalized spacial score (nSPS) is 25.5. The first kappa shape index (κ1) is 14.2. The van der Waals surface area contributed by atoms with Crippen molar-refractivity contribution < 1.29 is 22.5 Å². The van der Waals surface area contributed by atoms with E-state index < -0.39 is 16.2 Å². The summed E-state index contributed by atoms with van der Waals surface area (Å²) in [7, 11) is -3.47. The van der Waals surface area contributed by atoms with Gasteiger partial charge in [0.1, 0.15) is 0 Å². The lowest BCUT2D eigenvalue weighted by Gasteiger charge is -2.52. The Bertz CT molecular complexity index is 397. The standard InChI is InChI=1S/C10H19NO5S/c1-10(2,3)8-7(5-11(8)9(12)13)6-16-17(4,14)15/h7-8H,5-6H2,1-4H3,(H,12,13). The van der Waals surface area contributed by atoms with Gasteiger partial charge in [0.05, 0.1) is 12.9 Å². The molecule has 0 aromatic carbocycles. The quantitative estimate of drug-likeness (QED) is 0.769. The largest absolute Gasteiger partial charge is 0.465 e. The Morgan fingerprint density at radius 1 is 1.47 bits per heavy atom. The number of carboxylic acid groups (broad SMARTS) is 1. The molecule has 0 bridgehead atoms. The number of carbonyl (C=O) groups is 1. The van der Waals surface area contributed by atoms with Gasteiger partial charge in [-0.3, -0.25) is 4.18 Å². The average molecular weight is 265 g/mol. The molecule has 1 N–H and O–H groups in total. The number of hydrogen-bond donors (Lipinski definition) is 1. The van der Waals surface area contributed by atoms with Crippen LogP contribution in [0.4, 0.5) is 4.79 Å². The van der Waals surface area contributed by atoms with Crippen molar-refractivity contribution in [3.63, 3.8) is 0 Å². The summed E-state index contributed by atoms with van der Waals surface area (Å²) >= 11 is 0. The Morgan fingerprint density at radius 3 is 2.35 bits per heavy atom. The summed E-state index contributed by atoms with van der Waals surface area (Å²) in [5.74, 6) is -0.0687. The maximum atomic E-state index is 11.0. The van der Waals surface area contributed by atoms with Gasteiger partial charge >= 0.3 is 6.09 Å². The second-order valence-electron chi connectivity index (χ2n) is 5.49. The van der Waals surface area contributed by atoms with Gasteiger partial charge in [0.25, 0.3) is 10.1 Å². The van der Waals surface area contributed by atoms with E-state index in [0.29, 0.717) is 6.54 Å². The Balaban J connectivity index is 2.67. The summed E-state index contributed by atoms with van der Waals surface area (Å²) in [6, 6.07) is -0.207. The van der Waals surface area contributed by atoms with E-state index in [2.05, 4.69) is 0 Å². The highest BCUT2D eigenvalue weighted by Crippen LogP contribution is 2.38. The lowest BCUT2D eigenvalue weighted by atomic mass is 9.73. The van der Waals surface area contributed by atoms with E-state index in [1.54, 1.807) is 0 Å². The minimum absolute atomic E-state index is 0.0462. The van der Waals surface area contributed by atoms with Crippen LogP contribution in [-0.2, 0) is 14.3 Å². The summed E-state index contributed by atoms with van der Waals surface area (Å²) in [4.78, 5) is 12.3. The van der Waals surface area contributed by atoms with Crippen molar-refractivity contribution in [2.45, 2.75) is 26.8 Å². The van der Waals surface area contributed by atoms with Crippen molar-refractivity contribution in [3.8, 4) is 0 Å². The van der Waals surface area contributed by atoms with E-state index in [4.69, 9.17) is 9.29 Å². The van der Waals surface area contributed by atoms with Gasteiger partial charge < -0.3 is 10.0 Å². The van der Waals surface area contributed by atoms with Crippen molar-refractivity contribution in [1.82, 2.24) is 4.90 Å². The van der Waals surface area contributed by atoms with Crippen LogP contribution in [0, 0.1) is 11.3 Å². The molecule has 17 heavy (non-hydrogen) atoms. The molecule has 1 amide bonds. The third-order valence-electron chi connectivity index (χ3n) is 2.84. The number of nitrogens with zero attached hydrogens (tertiary/aromatic N) is 1. The van der Waals surface area contributed by atoms with Crippen molar-refractivity contribution in [2.24, 2.45) is 11.3 Å². The highest BCUT2D eigenvalue weighted by atomic mass is 32.2. The van der Waals surface area contributed by atoms with Crippen LogP contribution >= 0.6 is 0 Å². The molecule has 1 aliphatic heterocycles.